The molecular formula is C13H14N4O. The van der Waals surface area contributed by atoms with E-state index in [1.807, 2.05) is 6.92 Å². The van der Waals surface area contributed by atoms with Gasteiger partial charge in [0.2, 0.25) is 0 Å². The van der Waals surface area contributed by atoms with E-state index >= 15 is 0 Å². The molecule has 0 fully saturated rings. The van der Waals surface area contributed by atoms with E-state index in [1.54, 1.807) is 12.4 Å². The average molecular weight is 242 g/mol. The molecule has 18 heavy (non-hydrogen) atoms. The Hall–Kier alpha value is -2.04. The molecular weight excluding hydrogens is 228 g/mol. The lowest BCUT2D eigenvalue weighted by Gasteiger charge is -2.13. The summed E-state index contributed by atoms with van der Waals surface area (Å²) in [6, 6.07) is 0. The van der Waals surface area contributed by atoms with Gasteiger partial charge in [0.25, 0.3) is 5.56 Å². The first-order valence-corrected chi connectivity index (χ1v) is 6.15. The molecule has 2 aromatic rings. The molecule has 0 atom stereocenters. The van der Waals surface area contributed by atoms with Crippen molar-refractivity contribution in [3.05, 3.63) is 39.6 Å². The van der Waals surface area contributed by atoms with Crippen LogP contribution in [0.4, 0.5) is 0 Å². The van der Waals surface area contributed by atoms with Crippen molar-refractivity contribution in [2.45, 2.75) is 32.6 Å². The van der Waals surface area contributed by atoms with Gasteiger partial charge in [0.05, 0.1) is 5.69 Å². The third-order valence-electron chi connectivity index (χ3n) is 3.18. The molecule has 0 bridgehead atoms. The Morgan fingerprint density at radius 3 is 2.67 bits per heavy atom. The Bertz CT molecular complexity index is 630. The van der Waals surface area contributed by atoms with Crippen molar-refractivity contribution in [3.63, 3.8) is 0 Å². The van der Waals surface area contributed by atoms with Crippen LogP contribution >= 0.6 is 0 Å². The summed E-state index contributed by atoms with van der Waals surface area (Å²) in [6.07, 6.45) is 7.31. The number of nitrogens with zero attached hydrogens (tertiary/aromatic N) is 3. The van der Waals surface area contributed by atoms with Crippen LogP contribution in [-0.2, 0) is 12.8 Å². The number of hydrogen-bond donors (Lipinski definition) is 1. The van der Waals surface area contributed by atoms with Crippen LogP contribution in [0.1, 0.15) is 29.7 Å². The van der Waals surface area contributed by atoms with Gasteiger partial charge in [-0.05, 0) is 38.2 Å². The zero-order chi connectivity index (χ0) is 12.5. The number of rotatable bonds is 1. The fourth-order valence-corrected chi connectivity index (χ4v) is 2.22. The predicted molar refractivity (Wildman–Crippen MR) is 67.3 cm³/mol. The third kappa shape index (κ3) is 1.92. The summed E-state index contributed by atoms with van der Waals surface area (Å²) in [5.74, 6) is 0.951. The van der Waals surface area contributed by atoms with Crippen LogP contribution in [-0.4, -0.2) is 19.9 Å². The lowest BCUT2D eigenvalue weighted by Crippen LogP contribution is -2.22. The van der Waals surface area contributed by atoms with Crippen molar-refractivity contribution in [2.75, 3.05) is 0 Å². The highest BCUT2D eigenvalue weighted by molar-refractivity contribution is 5.43. The highest BCUT2D eigenvalue weighted by Crippen LogP contribution is 2.17. The summed E-state index contributed by atoms with van der Waals surface area (Å²) in [7, 11) is 0. The van der Waals surface area contributed by atoms with Crippen LogP contribution in [0.5, 0.6) is 0 Å². The summed E-state index contributed by atoms with van der Waals surface area (Å²) >= 11 is 0. The van der Waals surface area contributed by atoms with Crippen molar-refractivity contribution in [1.29, 1.82) is 0 Å². The van der Waals surface area contributed by atoms with Crippen LogP contribution in [0.15, 0.2) is 17.2 Å². The van der Waals surface area contributed by atoms with E-state index in [0.717, 1.165) is 42.5 Å². The molecule has 0 saturated carbocycles. The fourth-order valence-electron chi connectivity index (χ4n) is 2.22. The van der Waals surface area contributed by atoms with Crippen LogP contribution in [0.2, 0.25) is 0 Å². The number of hydrogen-bond acceptors (Lipinski definition) is 4. The molecule has 0 saturated heterocycles. The van der Waals surface area contributed by atoms with Crippen molar-refractivity contribution in [3.8, 4) is 11.6 Å². The second-order valence-electron chi connectivity index (χ2n) is 4.63. The molecule has 0 unspecified atom stereocenters. The standard InChI is InChI=1S/C13H14N4O/c1-8-6-14-11(15-7-8)12-16-10-5-3-2-4-9(10)13(18)17-12/h6-7H,2-5H2,1H3,(H,16,17,18). The first kappa shape index (κ1) is 11.1. The van der Waals surface area contributed by atoms with Gasteiger partial charge in [-0.15, -0.1) is 0 Å². The Kier molecular flexibility index (Phi) is 2.66. The molecule has 1 aliphatic rings. The Morgan fingerprint density at radius 2 is 1.89 bits per heavy atom. The minimum atomic E-state index is -0.0427. The maximum Gasteiger partial charge on any atom is 0.254 e. The van der Waals surface area contributed by atoms with Gasteiger partial charge in [-0.25, -0.2) is 15.0 Å². The molecule has 1 N–H and O–H groups in total. The van der Waals surface area contributed by atoms with E-state index in [0.29, 0.717) is 11.6 Å². The normalized spacial score (nSPS) is 14.3. The lowest BCUT2D eigenvalue weighted by atomic mass is 9.97. The van der Waals surface area contributed by atoms with Gasteiger partial charge in [-0.3, -0.25) is 4.79 Å². The van der Waals surface area contributed by atoms with Crippen LogP contribution < -0.4 is 5.56 Å². The number of fused-ring (bicyclic) bond motifs is 1. The van der Waals surface area contributed by atoms with Crippen molar-refractivity contribution in [2.24, 2.45) is 0 Å². The Balaban J connectivity index is 2.11. The molecule has 3 rings (SSSR count). The van der Waals surface area contributed by atoms with E-state index in [9.17, 15) is 4.79 Å². The van der Waals surface area contributed by atoms with E-state index < -0.39 is 0 Å². The summed E-state index contributed by atoms with van der Waals surface area (Å²) in [4.78, 5) is 27.6. The SMILES string of the molecule is Cc1cnc(-c2nc3c(c(=O)[nH]2)CCCC3)nc1. The number of H-pyrrole nitrogens is 1. The first-order valence-electron chi connectivity index (χ1n) is 6.15. The number of aromatic amines is 1. The minimum absolute atomic E-state index is 0.0427. The van der Waals surface area contributed by atoms with Gasteiger partial charge in [-0.1, -0.05) is 0 Å². The topological polar surface area (TPSA) is 71.5 Å². The summed E-state index contributed by atoms with van der Waals surface area (Å²) < 4.78 is 0. The van der Waals surface area contributed by atoms with Gasteiger partial charge in [0.1, 0.15) is 0 Å². The molecule has 1 aliphatic carbocycles. The van der Waals surface area contributed by atoms with Gasteiger partial charge in [-0.2, -0.15) is 0 Å². The number of aryl methyl sites for hydroxylation is 2. The van der Waals surface area contributed by atoms with Gasteiger partial charge in [0, 0.05) is 18.0 Å². The quantitative estimate of drug-likeness (QED) is 0.820. The molecule has 5 nitrogen and oxygen atoms in total. The second kappa shape index (κ2) is 4.33. The fraction of sp³-hybridized carbons (Fsp3) is 0.385. The molecule has 0 aliphatic heterocycles. The first-order chi connectivity index (χ1) is 8.74. The highest BCUT2D eigenvalue weighted by Gasteiger charge is 2.16. The van der Waals surface area contributed by atoms with E-state index in [1.165, 1.54) is 0 Å². The van der Waals surface area contributed by atoms with Gasteiger partial charge in [0.15, 0.2) is 11.6 Å². The number of nitrogens with one attached hydrogen (secondary N) is 1. The predicted octanol–water partition coefficient (Wildman–Crippen LogP) is 1.41. The van der Waals surface area contributed by atoms with E-state index in [-0.39, 0.29) is 5.56 Å². The molecule has 5 heteroatoms. The molecule has 92 valence electrons. The molecule has 0 amide bonds. The molecule has 2 aromatic heterocycles. The largest absolute Gasteiger partial charge is 0.304 e. The van der Waals surface area contributed by atoms with Crippen molar-refractivity contribution < 1.29 is 0 Å². The van der Waals surface area contributed by atoms with Crippen molar-refractivity contribution in [1.82, 2.24) is 19.9 Å². The maximum atomic E-state index is 12.0. The van der Waals surface area contributed by atoms with E-state index in [4.69, 9.17) is 0 Å². The Labute approximate surface area is 104 Å². The van der Waals surface area contributed by atoms with Gasteiger partial charge < -0.3 is 4.98 Å². The van der Waals surface area contributed by atoms with Crippen LogP contribution in [0.3, 0.4) is 0 Å². The molecule has 2 heterocycles. The average Bonchev–Trinajstić information content (AvgIpc) is 2.39. The molecule has 0 aromatic carbocycles. The van der Waals surface area contributed by atoms with E-state index in [2.05, 4.69) is 19.9 Å². The third-order valence-corrected chi connectivity index (χ3v) is 3.18. The smallest absolute Gasteiger partial charge is 0.254 e. The molecule has 0 spiro atoms. The second-order valence-corrected chi connectivity index (χ2v) is 4.63. The minimum Gasteiger partial charge on any atom is -0.304 e. The Morgan fingerprint density at radius 1 is 1.17 bits per heavy atom. The van der Waals surface area contributed by atoms with Crippen LogP contribution in [0.25, 0.3) is 11.6 Å². The van der Waals surface area contributed by atoms with Crippen molar-refractivity contribution >= 4 is 0 Å². The summed E-state index contributed by atoms with van der Waals surface area (Å²) in [6.45, 7) is 1.92. The van der Waals surface area contributed by atoms with Gasteiger partial charge >= 0.3 is 0 Å². The lowest BCUT2D eigenvalue weighted by molar-refractivity contribution is 0.657. The monoisotopic (exact) mass is 242 g/mol. The highest BCUT2D eigenvalue weighted by atomic mass is 16.1. The zero-order valence-electron chi connectivity index (χ0n) is 10.2. The zero-order valence-corrected chi connectivity index (χ0v) is 10.2. The summed E-state index contributed by atoms with van der Waals surface area (Å²) in [5.41, 5.74) is 2.68. The number of aromatic nitrogens is 4. The molecule has 0 radical (unpaired) electrons. The summed E-state index contributed by atoms with van der Waals surface area (Å²) in [5, 5.41) is 0. The van der Waals surface area contributed by atoms with Crippen LogP contribution in [0, 0.1) is 6.92 Å². The maximum absolute atomic E-state index is 12.0.